The van der Waals surface area contributed by atoms with Crippen LogP contribution in [0.4, 0.5) is 0 Å². The van der Waals surface area contributed by atoms with Crippen molar-refractivity contribution in [3.05, 3.63) is 69.0 Å². The summed E-state index contributed by atoms with van der Waals surface area (Å²) < 4.78 is 5.01. The lowest BCUT2D eigenvalue weighted by molar-refractivity contribution is 0.0740. The Morgan fingerprint density at radius 2 is 1.83 bits per heavy atom. The molecule has 0 bridgehead atoms. The van der Waals surface area contributed by atoms with Crippen LogP contribution in [0.15, 0.2) is 53.0 Å². The number of rotatable bonds is 2. The molecule has 0 fully saturated rings. The zero-order chi connectivity index (χ0) is 16.5. The fraction of sp³-hybridized carbons (Fsp3) is 0.167. The fourth-order valence-corrected chi connectivity index (χ4v) is 3.86. The van der Waals surface area contributed by atoms with Gasteiger partial charge in [-0.2, -0.15) is 0 Å². The Morgan fingerprint density at radius 1 is 1.08 bits per heavy atom. The third kappa shape index (κ3) is 2.87. The van der Waals surface area contributed by atoms with Crippen LogP contribution < -0.4 is 0 Å². The molecule has 4 nitrogen and oxygen atoms in total. The first-order chi connectivity index (χ1) is 11.7. The molecule has 2 aromatic carbocycles. The van der Waals surface area contributed by atoms with Crippen molar-refractivity contribution in [2.24, 2.45) is 0 Å². The predicted molar refractivity (Wildman–Crippen MR) is 97.9 cm³/mol. The molecule has 1 aromatic heterocycles. The minimum atomic E-state index is 0.0115. The molecule has 0 saturated carbocycles. The van der Waals surface area contributed by atoms with Crippen LogP contribution in [-0.4, -0.2) is 26.9 Å². The molecule has 0 N–H and O–H groups in total. The Labute approximate surface area is 152 Å². The molecule has 3 aromatic rings. The lowest BCUT2D eigenvalue weighted by atomic mass is 9.99. The summed E-state index contributed by atoms with van der Waals surface area (Å²) in [5.74, 6) is 0.0115. The molecule has 120 valence electrons. The monoisotopic (exact) mass is 399 g/mol. The number of carbonyl (C=O) groups excluding carboxylic acids is 1. The van der Waals surface area contributed by atoms with Gasteiger partial charge in [0.2, 0.25) is 0 Å². The first-order valence-corrected chi connectivity index (χ1v) is 9.23. The number of halogens is 1. The van der Waals surface area contributed by atoms with Crippen molar-refractivity contribution in [2.45, 2.75) is 13.0 Å². The highest BCUT2D eigenvalue weighted by Crippen LogP contribution is 2.28. The van der Waals surface area contributed by atoms with Gasteiger partial charge in [0.25, 0.3) is 5.91 Å². The number of benzene rings is 2. The highest BCUT2D eigenvalue weighted by molar-refractivity contribution is 9.10. The highest BCUT2D eigenvalue weighted by atomic mass is 79.9. The van der Waals surface area contributed by atoms with Gasteiger partial charge in [-0.3, -0.25) is 4.79 Å². The van der Waals surface area contributed by atoms with Gasteiger partial charge in [-0.25, -0.2) is 0 Å². The Bertz CT molecular complexity index is 891. The second-order valence-electron chi connectivity index (χ2n) is 5.70. The molecule has 0 saturated heterocycles. The van der Waals surface area contributed by atoms with Crippen LogP contribution in [0, 0.1) is 0 Å². The molecule has 1 aliphatic rings. The van der Waals surface area contributed by atoms with Gasteiger partial charge in [-0.05, 0) is 41.2 Å². The van der Waals surface area contributed by atoms with Crippen LogP contribution in [0.25, 0.3) is 11.3 Å². The van der Waals surface area contributed by atoms with Crippen molar-refractivity contribution in [1.82, 2.24) is 14.5 Å². The van der Waals surface area contributed by atoms with Crippen molar-refractivity contribution in [1.29, 1.82) is 0 Å². The standard InChI is InChI=1S/C18H14BrN3OS/c19-15-7-5-13(6-8-15)16-17(24-21-20-16)18(23)22-10-9-12-3-1-2-4-14(12)11-22/h1-8H,9-11H2. The van der Waals surface area contributed by atoms with Gasteiger partial charge in [0.15, 0.2) is 0 Å². The van der Waals surface area contributed by atoms with E-state index in [-0.39, 0.29) is 5.91 Å². The average Bonchev–Trinajstić information content (AvgIpc) is 3.11. The molecule has 1 amide bonds. The van der Waals surface area contributed by atoms with E-state index in [0.717, 1.165) is 23.0 Å². The highest BCUT2D eigenvalue weighted by Gasteiger charge is 2.26. The number of carbonyl (C=O) groups is 1. The SMILES string of the molecule is O=C(c1snnc1-c1ccc(Br)cc1)N1CCc2ccccc2C1. The molecule has 0 atom stereocenters. The minimum absolute atomic E-state index is 0.0115. The maximum absolute atomic E-state index is 13.0. The molecule has 0 unspecified atom stereocenters. The predicted octanol–water partition coefficient (Wildman–Crippen LogP) is 4.17. The van der Waals surface area contributed by atoms with E-state index in [1.165, 1.54) is 22.7 Å². The molecule has 24 heavy (non-hydrogen) atoms. The van der Waals surface area contributed by atoms with Gasteiger partial charge >= 0.3 is 0 Å². The number of hydrogen-bond donors (Lipinski definition) is 0. The molecule has 0 radical (unpaired) electrons. The van der Waals surface area contributed by atoms with E-state index in [2.05, 4.69) is 43.7 Å². The number of amides is 1. The molecule has 6 heteroatoms. The topological polar surface area (TPSA) is 46.1 Å². The normalized spacial score (nSPS) is 13.6. The lowest BCUT2D eigenvalue weighted by Crippen LogP contribution is -2.35. The van der Waals surface area contributed by atoms with Crippen molar-refractivity contribution >= 4 is 33.4 Å². The Kier molecular flexibility index (Phi) is 4.16. The van der Waals surface area contributed by atoms with Gasteiger partial charge in [-0.15, -0.1) is 5.10 Å². The first kappa shape index (κ1) is 15.5. The van der Waals surface area contributed by atoms with Crippen LogP contribution in [0.3, 0.4) is 0 Å². The molecular weight excluding hydrogens is 386 g/mol. The van der Waals surface area contributed by atoms with Gasteiger partial charge in [0, 0.05) is 23.1 Å². The Hall–Kier alpha value is -2.05. The minimum Gasteiger partial charge on any atom is -0.333 e. The summed E-state index contributed by atoms with van der Waals surface area (Å²) in [5, 5.41) is 4.18. The van der Waals surface area contributed by atoms with Gasteiger partial charge in [-0.1, -0.05) is 56.8 Å². The zero-order valence-corrected chi connectivity index (χ0v) is 15.2. The number of fused-ring (bicyclic) bond motifs is 1. The summed E-state index contributed by atoms with van der Waals surface area (Å²) in [4.78, 5) is 15.5. The summed E-state index contributed by atoms with van der Waals surface area (Å²) in [6.07, 6.45) is 0.891. The van der Waals surface area contributed by atoms with Crippen LogP contribution in [0.1, 0.15) is 20.8 Å². The molecule has 2 heterocycles. The van der Waals surface area contributed by atoms with E-state index in [0.29, 0.717) is 17.1 Å². The van der Waals surface area contributed by atoms with Crippen molar-refractivity contribution in [2.75, 3.05) is 6.54 Å². The van der Waals surface area contributed by atoms with Gasteiger partial charge in [0.1, 0.15) is 10.6 Å². The van der Waals surface area contributed by atoms with E-state index in [9.17, 15) is 4.79 Å². The third-order valence-corrected chi connectivity index (χ3v) is 5.46. The van der Waals surface area contributed by atoms with Gasteiger partial charge < -0.3 is 4.90 Å². The molecule has 4 rings (SSSR count). The third-order valence-electron chi connectivity index (χ3n) is 4.22. The number of hydrogen-bond acceptors (Lipinski definition) is 4. The zero-order valence-electron chi connectivity index (χ0n) is 12.8. The van der Waals surface area contributed by atoms with E-state index in [1.54, 1.807) is 0 Å². The Balaban J connectivity index is 1.62. The fourth-order valence-electron chi connectivity index (χ4n) is 2.94. The summed E-state index contributed by atoms with van der Waals surface area (Å²) in [7, 11) is 0. The van der Waals surface area contributed by atoms with Crippen molar-refractivity contribution in [3.8, 4) is 11.3 Å². The van der Waals surface area contributed by atoms with E-state index in [1.807, 2.05) is 35.2 Å². The van der Waals surface area contributed by atoms with E-state index < -0.39 is 0 Å². The molecular formula is C18H14BrN3OS. The maximum atomic E-state index is 13.0. The summed E-state index contributed by atoms with van der Waals surface area (Å²) in [6.45, 7) is 1.38. The average molecular weight is 400 g/mol. The number of aromatic nitrogens is 2. The smallest absolute Gasteiger partial charge is 0.268 e. The molecule has 0 aliphatic carbocycles. The second kappa shape index (κ2) is 6.45. The largest absolute Gasteiger partial charge is 0.333 e. The van der Waals surface area contributed by atoms with Crippen molar-refractivity contribution in [3.63, 3.8) is 0 Å². The second-order valence-corrected chi connectivity index (χ2v) is 7.37. The first-order valence-electron chi connectivity index (χ1n) is 7.67. The number of nitrogens with zero attached hydrogens (tertiary/aromatic N) is 3. The van der Waals surface area contributed by atoms with Crippen LogP contribution in [0.5, 0.6) is 0 Å². The van der Waals surface area contributed by atoms with Crippen LogP contribution >= 0.6 is 27.5 Å². The summed E-state index contributed by atoms with van der Waals surface area (Å²) in [6, 6.07) is 16.1. The van der Waals surface area contributed by atoms with Crippen molar-refractivity contribution < 1.29 is 4.79 Å². The molecule has 1 aliphatic heterocycles. The molecule has 0 spiro atoms. The summed E-state index contributed by atoms with van der Waals surface area (Å²) >= 11 is 4.59. The van der Waals surface area contributed by atoms with Crippen LogP contribution in [0.2, 0.25) is 0 Å². The van der Waals surface area contributed by atoms with E-state index in [4.69, 9.17) is 0 Å². The lowest BCUT2D eigenvalue weighted by Gasteiger charge is -2.28. The summed E-state index contributed by atoms with van der Waals surface area (Å²) in [5.41, 5.74) is 4.13. The van der Waals surface area contributed by atoms with Gasteiger partial charge in [0.05, 0.1) is 0 Å². The van der Waals surface area contributed by atoms with Crippen LogP contribution in [-0.2, 0) is 13.0 Å². The van der Waals surface area contributed by atoms with E-state index >= 15 is 0 Å². The quantitative estimate of drug-likeness (QED) is 0.649. The Morgan fingerprint density at radius 3 is 2.62 bits per heavy atom. The maximum Gasteiger partial charge on any atom is 0.268 e.